The second kappa shape index (κ2) is 6.85. The van der Waals surface area contributed by atoms with E-state index in [0.717, 1.165) is 0 Å². The number of fused-ring (bicyclic) bond motifs is 1. The van der Waals surface area contributed by atoms with Crippen molar-refractivity contribution < 1.29 is 33.8 Å². The Bertz CT molecular complexity index is 654. The first-order valence-electron chi connectivity index (χ1n) is 8.68. The van der Waals surface area contributed by atoms with Crippen molar-refractivity contribution in [2.45, 2.75) is 46.1 Å². The Kier molecular flexibility index (Phi) is 5.31. The monoisotopic (exact) mass is 366 g/mol. The highest BCUT2D eigenvalue weighted by Gasteiger charge is 2.65. The number of hydrogen-bond acceptors (Lipinski definition) is 6. The van der Waals surface area contributed by atoms with Crippen LogP contribution < -0.4 is 0 Å². The summed E-state index contributed by atoms with van der Waals surface area (Å²) in [5.41, 5.74) is -1.86. The van der Waals surface area contributed by atoms with Crippen LogP contribution in [0.4, 0.5) is 0 Å². The van der Waals surface area contributed by atoms with Crippen molar-refractivity contribution in [2.24, 2.45) is 28.6 Å². The van der Waals surface area contributed by atoms with Gasteiger partial charge in [0.05, 0.1) is 18.9 Å². The van der Waals surface area contributed by atoms with Crippen molar-refractivity contribution in [3.8, 4) is 0 Å². The minimum atomic E-state index is -1.10. The van der Waals surface area contributed by atoms with E-state index in [1.54, 1.807) is 6.92 Å². The van der Waals surface area contributed by atoms with Gasteiger partial charge in [-0.15, -0.1) is 6.58 Å². The smallest absolute Gasteiger partial charge is 0.309 e. The zero-order chi connectivity index (χ0) is 19.9. The maximum atomic E-state index is 13.2. The summed E-state index contributed by atoms with van der Waals surface area (Å²) in [5, 5.41) is 9.66. The molecule has 0 aromatic carbocycles. The van der Waals surface area contributed by atoms with Gasteiger partial charge in [-0.25, -0.2) is 0 Å². The topological polar surface area (TPSA) is 107 Å². The van der Waals surface area contributed by atoms with Gasteiger partial charge in [0.1, 0.15) is 0 Å². The van der Waals surface area contributed by atoms with Gasteiger partial charge in [-0.05, 0) is 18.3 Å². The zero-order valence-corrected chi connectivity index (χ0v) is 15.6. The summed E-state index contributed by atoms with van der Waals surface area (Å²) in [7, 11) is 1.27. The summed E-state index contributed by atoms with van der Waals surface area (Å²) in [5.74, 6) is -4.76. The van der Waals surface area contributed by atoms with E-state index in [-0.39, 0.29) is 12.2 Å². The third-order valence-electron chi connectivity index (χ3n) is 6.38. The number of carboxylic acid groups (broad SMARTS) is 1. The molecule has 7 nitrogen and oxygen atoms in total. The normalized spacial score (nSPS) is 39.5. The number of carbonyl (C=O) groups excluding carboxylic acids is 3. The number of carbonyl (C=O) groups is 4. The predicted molar refractivity (Wildman–Crippen MR) is 90.9 cm³/mol. The number of carboxylic acids is 1. The molecule has 144 valence electrons. The molecule has 2 aliphatic carbocycles. The van der Waals surface area contributed by atoms with Crippen LogP contribution in [0.1, 0.15) is 40.0 Å². The van der Waals surface area contributed by atoms with Crippen LogP contribution in [0, 0.1) is 28.6 Å². The van der Waals surface area contributed by atoms with Gasteiger partial charge >= 0.3 is 17.9 Å². The van der Waals surface area contributed by atoms with Crippen LogP contribution in [0.3, 0.4) is 0 Å². The van der Waals surface area contributed by atoms with Crippen LogP contribution in [0.25, 0.3) is 0 Å². The van der Waals surface area contributed by atoms with Crippen LogP contribution in [0.2, 0.25) is 0 Å². The number of hydrogen-bond donors (Lipinski definition) is 1. The highest BCUT2D eigenvalue weighted by molar-refractivity contribution is 5.93. The maximum absolute atomic E-state index is 13.2. The van der Waals surface area contributed by atoms with Crippen LogP contribution in [0.5, 0.6) is 0 Å². The SMILES string of the molecule is C=C[C@@]1(C)[C@H]2C(=O)[C@@H](OC(C)=O)C[C@@H](C(=O)OC)[C@]2(C)CC[C@H]1C(=O)O. The lowest BCUT2D eigenvalue weighted by atomic mass is 9.44. The lowest BCUT2D eigenvalue weighted by Crippen LogP contribution is -2.62. The average molecular weight is 366 g/mol. The average Bonchev–Trinajstić information content (AvgIpc) is 2.55. The van der Waals surface area contributed by atoms with Gasteiger partial charge < -0.3 is 14.6 Å². The Morgan fingerprint density at radius 2 is 1.88 bits per heavy atom. The van der Waals surface area contributed by atoms with Gasteiger partial charge in [0.25, 0.3) is 0 Å². The molecule has 0 aromatic heterocycles. The first-order chi connectivity index (χ1) is 12.0. The summed E-state index contributed by atoms with van der Waals surface area (Å²) in [6.07, 6.45) is 1.15. The molecule has 6 atom stereocenters. The Morgan fingerprint density at radius 1 is 1.27 bits per heavy atom. The zero-order valence-electron chi connectivity index (χ0n) is 15.6. The molecular weight excluding hydrogens is 340 g/mol. The summed E-state index contributed by atoms with van der Waals surface area (Å²) in [6.45, 7) is 8.48. The molecule has 0 bridgehead atoms. The lowest BCUT2D eigenvalue weighted by molar-refractivity contribution is -0.188. The molecule has 0 aliphatic heterocycles. The molecule has 1 N–H and O–H groups in total. The number of aliphatic carboxylic acids is 1. The number of methoxy groups -OCH3 is 1. The molecule has 0 unspecified atom stereocenters. The summed E-state index contributed by atoms with van der Waals surface area (Å²) >= 11 is 0. The van der Waals surface area contributed by atoms with Crippen molar-refractivity contribution in [3.63, 3.8) is 0 Å². The van der Waals surface area contributed by atoms with Crippen LogP contribution in [-0.2, 0) is 28.7 Å². The second-order valence-corrected chi connectivity index (χ2v) is 7.75. The molecule has 0 amide bonds. The predicted octanol–water partition coefficient (Wildman–Crippen LogP) is 1.99. The third kappa shape index (κ3) is 2.93. The van der Waals surface area contributed by atoms with E-state index in [1.807, 2.05) is 6.92 Å². The van der Waals surface area contributed by atoms with Crippen LogP contribution in [-0.4, -0.2) is 42.0 Å². The Hall–Kier alpha value is -2.18. The van der Waals surface area contributed by atoms with E-state index in [1.165, 1.54) is 20.1 Å². The van der Waals surface area contributed by atoms with E-state index in [4.69, 9.17) is 9.47 Å². The number of ether oxygens (including phenoxy) is 2. The van der Waals surface area contributed by atoms with Gasteiger partial charge in [-0.3, -0.25) is 19.2 Å². The molecular formula is C19H26O7. The second-order valence-electron chi connectivity index (χ2n) is 7.75. The number of esters is 2. The highest BCUT2D eigenvalue weighted by Crippen LogP contribution is 2.61. The van der Waals surface area contributed by atoms with Crippen LogP contribution in [0.15, 0.2) is 12.7 Å². The van der Waals surface area contributed by atoms with Gasteiger partial charge in [0.15, 0.2) is 11.9 Å². The largest absolute Gasteiger partial charge is 0.481 e. The summed E-state index contributed by atoms with van der Waals surface area (Å²) in [6, 6.07) is 0. The Balaban J connectivity index is 2.61. The quantitative estimate of drug-likeness (QED) is 0.599. The molecule has 2 saturated carbocycles. The molecule has 2 aliphatic rings. The number of allylic oxidation sites excluding steroid dienone is 1. The van der Waals surface area contributed by atoms with Crippen molar-refractivity contribution >= 4 is 23.7 Å². The van der Waals surface area contributed by atoms with E-state index in [2.05, 4.69) is 6.58 Å². The van der Waals surface area contributed by atoms with E-state index < -0.39 is 52.6 Å². The standard InChI is InChI=1S/C19H26O7/c1-6-18(3)11(16(22)23)7-8-19(4)12(17(24)25-5)9-13(26-10(2)20)14(21)15(18)19/h6,11-13,15H,1,7-9H2,2-5H3,(H,22,23)/t11-,12-,13-,15+,18+,19-/m0/s1. The summed E-state index contributed by atoms with van der Waals surface area (Å²) < 4.78 is 10.1. The first-order valence-corrected chi connectivity index (χ1v) is 8.68. The van der Waals surface area contributed by atoms with Crippen molar-refractivity contribution in [1.29, 1.82) is 0 Å². The number of ketones is 1. The fraction of sp³-hybridized carbons (Fsp3) is 0.684. The minimum Gasteiger partial charge on any atom is -0.481 e. The lowest BCUT2D eigenvalue weighted by Gasteiger charge is -2.58. The van der Waals surface area contributed by atoms with Crippen molar-refractivity contribution in [3.05, 3.63) is 12.7 Å². The highest BCUT2D eigenvalue weighted by atomic mass is 16.5. The molecule has 0 heterocycles. The van der Waals surface area contributed by atoms with Gasteiger partial charge in [-0.2, -0.15) is 0 Å². The fourth-order valence-corrected chi connectivity index (χ4v) is 5.08. The molecule has 0 spiro atoms. The number of rotatable bonds is 4. The summed E-state index contributed by atoms with van der Waals surface area (Å²) in [4.78, 5) is 48.9. The van der Waals surface area contributed by atoms with Gasteiger partial charge in [-0.1, -0.05) is 19.9 Å². The Labute approximate surface area is 152 Å². The van der Waals surface area contributed by atoms with Crippen molar-refractivity contribution in [2.75, 3.05) is 7.11 Å². The Morgan fingerprint density at radius 3 is 2.35 bits per heavy atom. The molecule has 0 saturated heterocycles. The molecule has 2 fully saturated rings. The molecule has 26 heavy (non-hydrogen) atoms. The van der Waals surface area contributed by atoms with E-state index in [0.29, 0.717) is 12.8 Å². The minimum absolute atomic E-state index is 0.0447. The maximum Gasteiger partial charge on any atom is 0.309 e. The van der Waals surface area contributed by atoms with Crippen molar-refractivity contribution in [1.82, 2.24) is 0 Å². The number of Topliss-reactive ketones (excluding diaryl/α,β-unsaturated/α-hetero) is 1. The van der Waals surface area contributed by atoms with E-state index in [9.17, 15) is 24.3 Å². The first kappa shape index (κ1) is 20.1. The molecule has 0 aromatic rings. The van der Waals surface area contributed by atoms with Crippen LogP contribution >= 0.6 is 0 Å². The van der Waals surface area contributed by atoms with Gasteiger partial charge in [0, 0.05) is 24.7 Å². The molecule has 0 radical (unpaired) electrons. The molecule has 7 heteroatoms. The van der Waals surface area contributed by atoms with Gasteiger partial charge in [0.2, 0.25) is 0 Å². The van der Waals surface area contributed by atoms with E-state index >= 15 is 0 Å². The fourth-order valence-electron chi connectivity index (χ4n) is 5.08. The third-order valence-corrected chi connectivity index (χ3v) is 6.38. The molecule has 2 rings (SSSR count).